The van der Waals surface area contributed by atoms with Gasteiger partial charge >= 0.3 is 0 Å². The van der Waals surface area contributed by atoms with E-state index < -0.39 is 0 Å². The standard InChI is InChI=1S/C74H54N4/c1-5-21-47(22-6-1)59-41-49-25-13-15-27-51(49)43-67(59)75(53-29-9-3-10-30-53)65-39-37-55-61-45-70-62(46-69(61)77-63-35-19-17-33-57(63)71(65)73(55)77)56-38-40-66(72-58-34-18-20-36-64(58)78(70)74(56)72)76(54-31-11-4-12-32-54)68-44-52-28-16-14-26-50(52)42-60(68)48-23-7-2-8-24-48/h1-12,17-24,29-46H,13-16,25-28H2. The molecule has 0 saturated carbocycles. The fourth-order valence-corrected chi connectivity index (χ4v) is 14.4. The summed E-state index contributed by atoms with van der Waals surface area (Å²) in [5.74, 6) is 0. The van der Waals surface area contributed by atoms with Crippen LogP contribution in [0, 0.1) is 0 Å². The van der Waals surface area contributed by atoms with Crippen LogP contribution in [0.1, 0.15) is 47.9 Å². The molecule has 0 radical (unpaired) electrons. The first-order valence-corrected chi connectivity index (χ1v) is 28.2. The van der Waals surface area contributed by atoms with Gasteiger partial charge in [0.2, 0.25) is 0 Å². The number of rotatable bonds is 8. The number of benzene rings is 11. The second-order valence-electron chi connectivity index (χ2n) is 22.1. The maximum atomic E-state index is 2.59. The first-order valence-electron chi connectivity index (χ1n) is 28.2. The zero-order valence-electron chi connectivity index (χ0n) is 43.4. The van der Waals surface area contributed by atoms with E-state index in [1.807, 2.05) is 0 Å². The summed E-state index contributed by atoms with van der Waals surface area (Å²) in [6.45, 7) is 0. The molecule has 4 aromatic heterocycles. The number of nitrogens with zero attached hydrogens (tertiary/aromatic N) is 4. The summed E-state index contributed by atoms with van der Waals surface area (Å²) in [6, 6.07) is 87.3. The quantitative estimate of drug-likeness (QED) is 0.151. The Morgan fingerprint density at radius 2 is 0.628 bits per heavy atom. The van der Waals surface area contributed by atoms with E-state index in [2.05, 4.69) is 249 Å². The highest BCUT2D eigenvalue weighted by molar-refractivity contribution is 6.32. The smallest absolute Gasteiger partial charge is 0.0641 e. The molecule has 0 N–H and O–H groups in total. The first-order chi connectivity index (χ1) is 38.7. The Balaban J connectivity index is 0.935. The topological polar surface area (TPSA) is 15.3 Å². The molecule has 0 spiro atoms. The molecule has 0 fully saturated rings. The predicted octanol–water partition coefficient (Wildman–Crippen LogP) is 20.0. The van der Waals surface area contributed by atoms with Crippen molar-refractivity contribution in [2.24, 2.45) is 0 Å². The molecule has 15 aromatic rings. The molecule has 370 valence electrons. The van der Waals surface area contributed by atoms with E-state index >= 15 is 0 Å². The van der Waals surface area contributed by atoms with Crippen molar-refractivity contribution in [3.8, 4) is 22.3 Å². The van der Waals surface area contributed by atoms with Crippen LogP contribution < -0.4 is 9.80 Å². The maximum absolute atomic E-state index is 2.59. The largest absolute Gasteiger partial charge is 0.309 e. The molecule has 0 atom stereocenters. The number of hydrogen-bond donors (Lipinski definition) is 0. The molecule has 0 amide bonds. The summed E-state index contributed by atoms with van der Waals surface area (Å²) in [5.41, 5.74) is 25.5. The van der Waals surface area contributed by atoms with Gasteiger partial charge < -0.3 is 18.6 Å². The molecule has 17 rings (SSSR count). The average Bonchev–Trinajstić information content (AvgIpc) is 4.44. The van der Waals surface area contributed by atoms with Gasteiger partial charge in [0.25, 0.3) is 0 Å². The lowest BCUT2D eigenvalue weighted by Gasteiger charge is -2.31. The maximum Gasteiger partial charge on any atom is 0.0641 e. The predicted molar refractivity (Wildman–Crippen MR) is 329 cm³/mol. The van der Waals surface area contributed by atoms with E-state index in [1.54, 1.807) is 0 Å². The van der Waals surface area contributed by atoms with Gasteiger partial charge in [0, 0.05) is 65.6 Å². The van der Waals surface area contributed by atoms with Crippen molar-refractivity contribution in [2.75, 3.05) is 9.80 Å². The second kappa shape index (κ2) is 17.1. The van der Waals surface area contributed by atoms with Crippen molar-refractivity contribution >= 4 is 110 Å². The molecule has 4 nitrogen and oxygen atoms in total. The number of para-hydroxylation sites is 4. The van der Waals surface area contributed by atoms with Crippen LogP contribution in [0.25, 0.3) is 98.4 Å². The van der Waals surface area contributed by atoms with Crippen LogP contribution in [-0.2, 0) is 25.7 Å². The first kappa shape index (κ1) is 43.8. The molecule has 2 aliphatic carbocycles. The number of hydrogen-bond acceptors (Lipinski definition) is 2. The van der Waals surface area contributed by atoms with Gasteiger partial charge in [-0.1, -0.05) is 146 Å². The van der Waals surface area contributed by atoms with Crippen LogP contribution in [0.5, 0.6) is 0 Å². The van der Waals surface area contributed by atoms with Crippen LogP contribution in [0.3, 0.4) is 0 Å². The summed E-state index contributed by atoms with van der Waals surface area (Å²) in [7, 11) is 0. The Labute approximate surface area is 452 Å². The molecule has 0 saturated heterocycles. The SMILES string of the molecule is c1ccc(-c2cc3c(cc2N(c2ccccc2)c2ccc4c5cc6c(cc5n5c7ccccc7c2c45)c2ccc(N(c4ccccc4)c4cc5c(cc4-c4ccccc4)CCCC5)c4c5ccccc5n6c24)CCCC3)cc1. The van der Waals surface area contributed by atoms with Gasteiger partial charge in [-0.25, -0.2) is 0 Å². The van der Waals surface area contributed by atoms with E-state index in [0.717, 1.165) is 37.1 Å². The summed E-state index contributed by atoms with van der Waals surface area (Å²) in [5, 5.41) is 10.1. The van der Waals surface area contributed by atoms with Gasteiger partial charge in [-0.15, -0.1) is 0 Å². The molecule has 0 aliphatic heterocycles. The summed E-state index contributed by atoms with van der Waals surface area (Å²) >= 11 is 0. The summed E-state index contributed by atoms with van der Waals surface area (Å²) < 4.78 is 5.17. The van der Waals surface area contributed by atoms with Crippen LogP contribution in [0.15, 0.2) is 231 Å². The van der Waals surface area contributed by atoms with Crippen molar-refractivity contribution in [3.63, 3.8) is 0 Å². The Morgan fingerprint density at radius 1 is 0.269 bits per heavy atom. The van der Waals surface area contributed by atoms with Crippen molar-refractivity contribution < 1.29 is 0 Å². The minimum atomic E-state index is 1.11. The molecule has 4 heterocycles. The van der Waals surface area contributed by atoms with E-state index in [1.165, 1.54) is 169 Å². The molecule has 4 heteroatoms. The van der Waals surface area contributed by atoms with Gasteiger partial charge in [-0.3, -0.25) is 0 Å². The van der Waals surface area contributed by atoms with Crippen molar-refractivity contribution in [2.45, 2.75) is 51.4 Å². The highest BCUT2D eigenvalue weighted by Gasteiger charge is 2.30. The highest BCUT2D eigenvalue weighted by atomic mass is 15.2. The molecule has 2 aliphatic rings. The Hall–Kier alpha value is -9.38. The van der Waals surface area contributed by atoms with Crippen molar-refractivity contribution in [3.05, 3.63) is 253 Å². The lowest BCUT2D eigenvalue weighted by Crippen LogP contribution is -2.14. The van der Waals surface area contributed by atoms with E-state index in [4.69, 9.17) is 0 Å². The van der Waals surface area contributed by atoms with Gasteiger partial charge in [-0.2, -0.15) is 0 Å². The van der Waals surface area contributed by atoms with E-state index in [0.29, 0.717) is 0 Å². The van der Waals surface area contributed by atoms with E-state index in [9.17, 15) is 0 Å². The number of anilines is 6. The molecular formula is C74H54N4. The minimum Gasteiger partial charge on any atom is -0.309 e. The Bertz CT molecular complexity index is 4530. The summed E-state index contributed by atoms with van der Waals surface area (Å²) in [4.78, 5) is 5.14. The summed E-state index contributed by atoms with van der Waals surface area (Å²) in [6.07, 6.45) is 9.40. The normalized spacial score (nSPS) is 13.7. The van der Waals surface area contributed by atoms with Crippen LogP contribution in [0.2, 0.25) is 0 Å². The minimum absolute atomic E-state index is 1.11. The monoisotopic (exact) mass is 998 g/mol. The molecule has 11 aromatic carbocycles. The second-order valence-corrected chi connectivity index (χ2v) is 22.1. The molecule has 0 unspecified atom stereocenters. The van der Waals surface area contributed by atoms with Gasteiger partial charge in [0.1, 0.15) is 0 Å². The molecule has 0 bridgehead atoms. The lowest BCUT2D eigenvalue weighted by molar-refractivity contribution is 0.686. The Morgan fingerprint density at radius 3 is 1.04 bits per heavy atom. The zero-order valence-corrected chi connectivity index (χ0v) is 43.4. The van der Waals surface area contributed by atoms with Crippen molar-refractivity contribution in [1.82, 2.24) is 8.80 Å². The average molecular weight is 999 g/mol. The van der Waals surface area contributed by atoms with Crippen molar-refractivity contribution in [1.29, 1.82) is 0 Å². The van der Waals surface area contributed by atoms with Crippen LogP contribution in [-0.4, -0.2) is 8.80 Å². The molecule has 78 heavy (non-hydrogen) atoms. The third-order valence-corrected chi connectivity index (χ3v) is 17.8. The third-order valence-electron chi connectivity index (χ3n) is 17.8. The number of aromatic nitrogens is 2. The van der Waals surface area contributed by atoms with Gasteiger partial charge in [0.15, 0.2) is 0 Å². The zero-order chi connectivity index (χ0) is 51.0. The van der Waals surface area contributed by atoms with Gasteiger partial charge in [-0.05, 0) is 170 Å². The third kappa shape index (κ3) is 6.35. The highest BCUT2D eigenvalue weighted by Crippen LogP contribution is 2.53. The van der Waals surface area contributed by atoms with Crippen LogP contribution >= 0.6 is 0 Å². The van der Waals surface area contributed by atoms with E-state index in [-0.39, 0.29) is 0 Å². The molecular weight excluding hydrogens is 945 g/mol. The number of aryl methyl sites for hydroxylation is 4. The lowest BCUT2D eigenvalue weighted by atomic mass is 9.87. The fraction of sp³-hybridized carbons (Fsp3) is 0.108. The Kier molecular flexibility index (Phi) is 9.59. The van der Waals surface area contributed by atoms with Crippen LogP contribution in [0.4, 0.5) is 34.1 Å². The number of fused-ring (bicyclic) bond motifs is 14. The van der Waals surface area contributed by atoms with Gasteiger partial charge in [0.05, 0.1) is 55.8 Å². The fourth-order valence-electron chi connectivity index (χ4n) is 14.4.